The molecule has 0 aromatic carbocycles. The maximum Gasteiger partial charge on any atom is 0.0948 e. The van der Waals surface area contributed by atoms with Gasteiger partial charge in [0.2, 0.25) is 0 Å². The van der Waals surface area contributed by atoms with E-state index in [1.165, 1.54) is 5.69 Å². The first-order valence-corrected chi connectivity index (χ1v) is 5.75. The van der Waals surface area contributed by atoms with Crippen LogP contribution in [0.3, 0.4) is 0 Å². The van der Waals surface area contributed by atoms with Crippen molar-refractivity contribution in [2.24, 2.45) is 0 Å². The molecule has 4 nitrogen and oxygen atoms in total. The zero-order chi connectivity index (χ0) is 10.7. The topological polar surface area (TPSA) is 33.1 Å². The fourth-order valence-electron chi connectivity index (χ4n) is 2.09. The number of nitrogens with zero attached hydrogens (tertiary/aromatic N) is 3. The third kappa shape index (κ3) is 2.38. The lowest BCUT2D eigenvalue weighted by atomic mass is 10.2. The molecule has 2 rings (SSSR count). The Kier molecular flexibility index (Phi) is 3.38. The number of rotatable bonds is 3. The first-order chi connectivity index (χ1) is 7.31. The van der Waals surface area contributed by atoms with Crippen molar-refractivity contribution in [3.63, 3.8) is 0 Å². The Labute approximate surface area is 91.3 Å². The second-order valence-corrected chi connectivity index (χ2v) is 4.19. The normalized spacial score (nSPS) is 23.2. The number of aromatic nitrogens is 2. The van der Waals surface area contributed by atoms with Crippen LogP contribution in [0.15, 0.2) is 12.5 Å². The molecule has 1 atom stereocenters. The molecule has 0 bridgehead atoms. The minimum Gasteiger partial charge on any atom is -0.334 e. The third-order valence-electron chi connectivity index (χ3n) is 3.14. The van der Waals surface area contributed by atoms with Gasteiger partial charge in [-0.2, -0.15) is 0 Å². The molecule has 1 aromatic heterocycles. The van der Waals surface area contributed by atoms with Crippen LogP contribution in [0.25, 0.3) is 0 Å². The smallest absolute Gasteiger partial charge is 0.0948 e. The Balaban J connectivity index is 2.01. The Morgan fingerprint density at radius 2 is 2.47 bits per heavy atom. The molecule has 15 heavy (non-hydrogen) atoms. The van der Waals surface area contributed by atoms with Crippen molar-refractivity contribution >= 4 is 0 Å². The number of hydrogen-bond donors (Lipinski definition) is 1. The number of imidazole rings is 1. The van der Waals surface area contributed by atoms with Gasteiger partial charge in [0.25, 0.3) is 0 Å². The van der Waals surface area contributed by atoms with Crippen LogP contribution in [-0.2, 0) is 13.1 Å². The molecule has 1 aromatic rings. The van der Waals surface area contributed by atoms with E-state index in [1.807, 2.05) is 12.5 Å². The highest BCUT2D eigenvalue weighted by molar-refractivity contribution is 4.99. The van der Waals surface area contributed by atoms with Crippen LogP contribution in [0.4, 0.5) is 0 Å². The molecule has 0 aliphatic carbocycles. The molecular weight excluding hydrogens is 188 g/mol. The predicted octanol–water partition coefficient (Wildman–Crippen LogP) is 0.697. The summed E-state index contributed by atoms with van der Waals surface area (Å²) < 4.78 is 2.22. The summed E-state index contributed by atoms with van der Waals surface area (Å²) in [6.45, 7) is 9.80. The van der Waals surface area contributed by atoms with Gasteiger partial charge in [0.1, 0.15) is 0 Å². The Morgan fingerprint density at radius 3 is 3.20 bits per heavy atom. The van der Waals surface area contributed by atoms with Gasteiger partial charge in [0, 0.05) is 45.0 Å². The van der Waals surface area contributed by atoms with E-state index in [9.17, 15) is 0 Å². The summed E-state index contributed by atoms with van der Waals surface area (Å²) >= 11 is 0. The molecule has 0 unspecified atom stereocenters. The average molecular weight is 208 g/mol. The molecule has 4 heteroatoms. The Bertz CT molecular complexity index is 307. The highest BCUT2D eigenvalue weighted by Crippen LogP contribution is 2.09. The van der Waals surface area contributed by atoms with Gasteiger partial charge in [-0.15, -0.1) is 0 Å². The second kappa shape index (κ2) is 4.77. The van der Waals surface area contributed by atoms with E-state index in [0.29, 0.717) is 6.04 Å². The Morgan fingerprint density at radius 1 is 1.60 bits per heavy atom. The molecular formula is C11H20N4. The summed E-state index contributed by atoms with van der Waals surface area (Å²) in [7, 11) is 0. The van der Waals surface area contributed by atoms with E-state index in [4.69, 9.17) is 0 Å². The number of hydrogen-bond acceptors (Lipinski definition) is 3. The number of piperazine rings is 1. The molecule has 0 saturated carbocycles. The first-order valence-electron chi connectivity index (χ1n) is 5.75. The van der Waals surface area contributed by atoms with E-state index >= 15 is 0 Å². The van der Waals surface area contributed by atoms with Gasteiger partial charge in [-0.3, -0.25) is 4.90 Å². The van der Waals surface area contributed by atoms with Crippen molar-refractivity contribution in [1.82, 2.24) is 19.8 Å². The maximum atomic E-state index is 4.20. The average Bonchev–Trinajstić information content (AvgIpc) is 2.69. The monoisotopic (exact) mass is 208 g/mol. The maximum absolute atomic E-state index is 4.20. The van der Waals surface area contributed by atoms with Crippen LogP contribution < -0.4 is 5.32 Å². The van der Waals surface area contributed by atoms with E-state index in [2.05, 4.69) is 33.6 Å². The lowest BCUT2D eigenvalue weighted by molar-refractivity contribution is 0.162. The SMILES string of the molecule is CCn1cncc1CN1CCNC[C@H]1C. The van der Waals surface area contributed by atoms with Crippen molar-refractivity contribution in [1.29, 1.82) is 0 Å². The van der Waals surface area contributed by atoms with Crippen LogP contribution in [0.2, 0.25) is 0 Å². The molecule has 0 radical (unpaired) electrons. The lowest BCUT2D eigenvalue weighted by Gasteiger charge is -2.33. The van der Waals surface area contributed by atoms with Crippen molar-refractivity contribution in [3.8, 4) is 0 Å². The lowest BCUT2D eigenvalue weighted by Crippen LogP contribution is -2.49. The van der Waals surface area contributed by atoms with Gasteiger partial charge in [-0.05, 0) is 13.8 Å². The molecule has 1 saturated heterocycles. The highest BCUT2D eigenvalue weighted by Gasteiger charge is 2.18. The second-order valence-electron chi connectivity index (χ2n) is 4.19. The van der Waals surface area contributed by atoms with E-state index in [1.54, 1.807) is 0 Å². The molecule has 1 aliphatic heterocycles. The number of aryl methyl sites for hydroxylation is 1. The van der Waals surface area contributed by atoms with Gasteiger partial charge in [0.05, 0.1) is 12.0 Å². The summed E-state index contributed by atoms with van der Waals surface area (Å²) in [5, 5.41) is 3.41. The van der Waals surface area contributed by atoms with Crippen molar-refractivity contribution in [3.05, 3.63) is 18.2 Å². The zero-order valence-corrected chi connectivity index (χ0v) is 9.61. The van der Waals surface area contributed by atoms with Crippen molar-refractivity contribution in [2.45, 2.75) is 33.0 Å². The van der Waals surface area contributed by atoms with Crippen molar-refractivity contribution in [2.75, 3.05) is 19.6 Å². The Hall–Kier alpha value is -0.870. The van der Waals surface area contributed by atoms with E-state index in [0.717, 1.165) is 32.7 Å². The quantitative estimate of drug-likeness (QED) is 0.793. The zero-order valence-electron chi connectivity index (χ0n) is 9.61. The van der Waals surface area contributed by atoms with Crippen LogP contribution in [-0.4, -0.2) is 40.1 Å². The van der Waals surface area contributed by atoms with Crippen molar-refractivity contribution < 1.29 is 0 Å². The summed E-state index contributed by atoms with van der Waals surface area (Å²) in [5.41, 5.74) is 1.33. The molecule has 1 aliphatic rings. The first kappa shape index (κ1) is 10.6. The van der Waals surface area contributed by atoms with Crippen LogP contribution in [0.5, 0.6) is 0 Å². The highest BCUT2D eigenvalue weighted by atomic mass is 15.2. The van der Waals surface area contributed by atoms with E-state index < -0.39 is 0 Å². The van der Waals surface area contributed by atoms with Crippen LogP contribution >= 0.6 is 0 Å². The van der Waals surface area contributed by atoms with Gasteiger partial charge in [0.15, 0.2) is 0 Å². The fraction of sp³-hybridized carbons (Fsp3) is 0.727. The van der Waals surface area contributed by atoms with Crippen LogP contribution in [0, 0.1) is 0 Å². The van der Waals surface area contributed by atoms with Gasteiger partial charge < -0.3 is 9.88 Å². The fourth-order valence-corrected chi connectivity index (χ4v) is 2.09. The third-order valence-corrected chi connectivity index (χ3v) is 3.14. The largest absolute Gasteiger partial charge is 0.334 e. The summed E-state index contributed by atoms with van der Waals surface area (Å²) in [5.74, 6) is 0. The minimum absolute atomic E-state index is 0.624. The predicted molar refractivity (Wildman–Crippen MR) is 60.6 cm³/mol. The molecule has 0 spiro atoms. The summed E-state index contributed by atoms with van der Waals surface area (Å²) in [6, 6.07) is 0.624. The molecule has 0 amide bonds. The summed E-state index contributed by atoms with van der Waals surface area (Å²) in [6.07, 6.45) is 3.90. The molecule has 1 fully saturated rings. The molecule has 84 valence electrons. The standard InChI is InChI=1S/C11H20N4/c1-3-14-9-13-7-11(14)8-15-5-4-12-6-10(15)2/h7,9-10,12H,3-6,8H2,1-2H3/t10-/m1/s1. The van der Waals surface area contributed by atoms with Gasteiger partial charge >= 0.3 is 0 Å². The molecule has 2 heterocycles. The van der Waals surface area contributed by atoms with Gasteiger partial charge in [-0.25, -0.2) is 4.98 Å². The van der Waals surface area contributed by atoms with Crippen LogP contribution in [0.1, 0.15) is 19.5 Å². The molecule has 1 N–H and O–H groups in total. The number of nitrogens with one attached hydrogen (secondary N) is 1. The minimum atomic E-state index is 0.624. The summed E-state index contributed by atoms with van der Waals surface area (Å²) in [4.78, 5) is 6.72. The van der Waals surface area contributed by atoms with Gasteiger partial charge in [-0.1, -0.05) is 0 Å². The van der Waals surface area contributed by atoms with E-state index in [-0.39, 0.29) is 0 Å².